The van der Waals surface area contributed by atoms with Gasteiger partial charge >= 0.3 is 0 Å². The standard InChI is InChI=1S/C14H12N2O4/c17-13-4-2-1-3-12(13)14(18)15-9-10-5-7-11(8-6-10)16(19)20/h1-8,17H,9H2,(H,15,18). The number of nitro benzene ring substituents is 1. The van der Waals surface area contributed by atoms with E-state index in [1.807, 2.05) is 0 Å². The van der Waals surface area contributed by atoms with Crippen molar-refractivity contribution in [2.45, 2.75) is 6.54 Å². The van der Waals surface area contributed by atoms with Crippen LogP contribution in [0.2, 0.25) is 0 Å². The van der Waals surface area contributed by atoms with Gasteiger partial charge < -0.3 is 10.4 Å². The summed E-state index contributed by atoms with van der Waals surface area (Å²) in [6.07, 6.45) is 0. The van der Waals surface area contributed by atoms with Gasteiger partial charge in [-0.2, -0.15) is 0 Å². The zero-order valence-corrected chi connectivity index (χ0v) is 10.4. The Morgan fingerprint density at radius 2 is 1.80 bits per heavy atom. The molecule has 2 rings (SSSR count). The van der Waals surface area contributed by atoms with Crippen LogP contribution in [0.25, 0.3) is 0 Å². The number of nitrogens with one attached hydrogen (secondary N) is 1. The summed E-state index contributed by atoms with van der Waals surface area (Å²) in [5.41, 5.74) is 0.926. The summed E-state index contributed by atoms with van der Waals surface area (Å²) in [6, 6.07) is 12.1. The Morgan fingerprint density at radius 1 is 1.15 bits per heavy atom. The number of para-hydroxylation sites is 1. The van der Waals surface area contributed by atoms with Gasteiger partial charge in [0, 0.05) is 18.7 Å². The summed E-state index contributed by atoms with van der Waals surface area (Å²) in [5, 5.41) is 22.7. The van der Waals surface area contributed by atoms with Gasteiger partial charge in [0.1, 0.15) is 5.75 Å². The minimum absolute atomic E-state index is 0.000723. The van der Waals surface area contributed by atoms with Crippen LogP contribution in [0, 0.1) is 10.1 Å². The van der Waals surface area contributed by atoms with Gasteiger partial charge in [-0.25, -0.2) is 0 Å². The second kappa shape index (κ2) is 5.83. The molecule has 0 aliphatic heterocycles. The van der Waals surface area contributed by atoms with E-state index in [1.54, 1.807) is 24.3 Å². The summed E-state index contributed by atoms with van der Waals surface area (Å²) in [7, 11) is 0. The second-order valence-corrected chi connectivity index (χ2v) is 4.12. The van der Waals surface area contributed by atoms with Crippen molar-refractivity contribution in [2.75, 3.05) is 0 Å². The topological polar surface area (TPSA) is 92.5 Å². The summed E-state index contributed by atoms with van der Waals surface area (Å²) in [6.45, 7) is 0.227. The van der Waals surface area contributed by atoms with Crippen LogP contribution in [0.15, 0.2) is 48.5 Å². The molecule has 0 bridgehead atoms. The lowest BCUT2D eigenvalue weighted by atomic mass is 10.1. The fraction of sp³-hybridized carbons (Fsp3) is 0.0714. The normalized spacial score (nSPS) is 10.0. The summed E-state index contributed by atoms with van der Waals surface area (Å²) < 4.78 is 0. The molecule has 2 aromatic carbocycles. The van der Waals surface area contributed by atoms with Gasteiger partial charge in [-0.1, -0.05) is 24.3 Å². The molecule has 0 spiro atoms. The number of nitrogens with zero attached hydrogens (tertiary/aromatic N) is 1. The first-order chi connectivity index (χ1) is 9.58. The van der Waals surface area contributed by atoms with E-state index < -0.39 is 10.8 Å². The number of benzene rings is 2. The van der Waals surface area contributed by atoms with E-state index in [-0.39, 0.29) is 23.5 Å². The van der Waals surface area contributed by atoms with Gasteiger partial charge in [-0.15, -0.1) is 0 Å². The summed E-state index contributed by atoms with van der Waals surface area (Å²) >= 11 is 0. The van der Waals surface area contributed by atoms with E-state index in [0.29, 0.717) is 0 Å². The minimum Gasteiger partial charge on any atom is -0.507 e. The number of carbonyl (C=O) groups excluding carboxylic acids is 1. The Morgan fingerprint density at radius 3 is 2.40 bits per heavy atom. The highest BCUT2D eigenvalue weighted by Crippen LogP contribution is 2.16. The maximum absolute atomic E-state index is 11.8. The Balaban J connectivity index is 2.00. The fourth-order valence-electron chi connectivity index (χ4n) is 1.68. The smallest absolute Gasteiger partial charge is 0.269 e. The molecule has 0 heterocycles. The van der Waals surface area contributed by atoms with Crippen molar-refractivity contribution in [1.82, 2.24) is 5.32 Å². The van der Waals surface area contributed by atoms with E-state index in [1.165, 1.54) is 24.3 Å². The van der Waals surface area contributed by atoms with Crippen molar-refractivity contribution in [1.29, 1.82) is 0 Å². The van der Waals surface area contributed by atoms with Crippen LogP contribution in [-0.2, 0) is 6.54 Å². The highest BCUT2D eigenvalue weighted by atomic mass is 16.6. The van der Waals surface area contributed by atoms with E-state index >= 15 is 0 Å². The van der Waals surface area contributed by atoms with Crippen molar-refractivity contribution >= 4 is 11.6 Å². The van der Waals surface area contributed by atoms with Gasteiger partial charge in [0.25, 0.3) is 11.6 Å². The number of nitro groups is 1. The molecule has 6 nitrogen and oxygen atoms in total. The van der Waals surface area contributed by atoms with Crippen LogP contribution in [0.5, 0.6) is 5.75 Å². The Kier molecular flexibility index (Phi) is 3.95. The number of phenols is 1. The molecular formula is C14H12N2O4. The molecule has 0 atom stereocenters. The molecule has 2 aromatic rings. The zero-order chi connectivity index (χ0) is 14.5. The van der Waals surface area contributed by atoms with E-state index in [4.69, 9.17) is 0 Å². The monoisotopic (exact) mass is 272 g/mol. The number of hydrogen-bond acceptors (Lipinski definition) is 4. The summed E-state index contributed by atoms with van der Waals surface area (Å²) in [5.74, 6) is -0.491. The molecule has 2 N–H and O–H groups in total. The first kappa shape index (κ1) is 13.5. The van der Waals surface area contributed by atoms with Gasteiger partial charge in [-0.3, -0.25) is 14.9 Å². The van der Waals surface area contributed by atoms with Crippen LogP contribution in [-0.4, -0.2) is 15.9 Å². The lowest BCUT2D eigenvalue weighted by molar-refractivity contribution is -0.384. The zero-order valence-electron chi connectivity index (χ0n) is 10.4. The largest absolute Gasteiger partial charge is 0.507 e. The molecule has 1 amide bonds. The molecule has 0 aliphatic carbocycles. The Labute approximate surface area is 114 Å². The lowest BCUT2D eigenvalue weighted by Crippen LogP contribution is -2.22. The molecular weight excluding hydrogens is 260 g/mol. The van der Waals surface area contributed by atoms with E-state index in [2.05, 4.69) is 5.32 Å². The third kappa shape index (κ3) is 3.11. The fourth-order valence-corrected chi connectivity index (χ4v) is 1.68. The van der Waals surface area contributed by atoms with Crippen LogP contribution < -0.4 is 5.32 Å². The maximum Gasteiger partial charge on any atom is 0.269 e. The number of non-ortho nitro benzene ring substituents is 1. The minimum atomic E-state index is -0.482. The molecule has 0 saturated heterocycles. The third-order valence-corrected chi connectivity index (χ3v) is 2.75. The maximum atomic E-state index is 11.8. The third-order valence-electron chi connectivity index (χ3n) is 2.75. The van der Waals surface area contributed by atoms with Crippen molar-refractivity contribution in [3.63, 3.8) is 0 Å². The van der Waals surface area contributed by atoms with Crippen molar-refractivity contribution < 1.29 is 14.8 Å². The van der Waals surface area contributed by atoms with Gasteiger partial charge in [0.2, 0.25) is 0 Å². The van der Waals surface area contributed by atoms with Crippen molar-refractivity contribution in [3.05, 3.63) is 69.8 Å². The van der Waals surface area contributed by atoms with Crippen LogP contribution >= 0.6 is 0 Å². The predicted molar refractivity (Wildman–Crippen MR) is 72.4 cm³/mol. The number of aromatic hydroxyl groups is 1. The van der Waals surface area contributed by atoms with Crippen LogP contribution in [0.3, 0.4) is 0 Å². The molecule has 20 heavy (non-hydrogen) atoms. The van der Waals surface area contributed by atoms with E-state index in [0.717, 1.165) is 5.56 Å². The number of carbonyl (C=O) groups is 1. The molecule has 6 heteroatoms. The first-order valence-electron chi connectivity index (χ1n) is 5.87. The lowest BCUT2D eigenvalue weighted by Gasteiger charge is -2.06. The number of amides is 1. The Bertz CT molecular complexity index is 638. The Hall–Kier alpha value is -2.89. The predicted octanol–water partition coefficient (Wildman–Crippen LogP) is 2.23. The highest BCUT2D eigenvalue weighted by Gasteiger charge is 2.10. The van der Waals surface area contributed by atoms with Gasteiger partial charge in [0.05, 0.1) is 10.5 Å². The average molecular weight is 272 g/mol. The van der Waals surface area contributed by atoms with Crippen LogP contribution in [0.4, 0.5) is 5.69 Å². The molecule has 0 aliphatic rings. The number of rotatable bonds is 4. The molecule has 0 saturated carbocycles. The van der Waals surface area contributed by atoms with Crippen molar-refractivity contribution in [3.8, 4) is 5.75 Å². The second-order valence-electron chi connectivity index (χ2n) is 4.12. The quantitative estimate of drug-likeness (QED) is 0.659. The SMILES string of the molecule is O=C(NCc1ccc([N+](=O)[O-])cc1)c1ccccc1O. The van der Waals surface area contributed by atoms with Gasteiger partial charge in [-0.05, 0) is 17.7 Å². The highest BCUT2D eigenvalue weighted by molar-refractivity contribution is 5.96. The number of phenolic OH excluding ortho intramolecular Hbond substituents is 1. The average Bonchev–Trinajstić information content (AvgIpc) is 2.45. The van der Waals surface area contributed by atoms with Gasteiger partial charge in [0.15, 0.2) is 0 Å². The van der Waals surface area contributed by atoms with E-state index in [9.17, 15) is 20.0 Å². The van der Waals surface area contributed by atoms with Crippen LogP contribution in [0.1, 0.15) is 15.9 Å². The molecule has 0 fully saturated rings. The molecule has 102 valence electrons. The first-order valence-corrected chi connectivity index (χ1v) is 5.87. The number of hydrogen-bond donors (Lipinski definition) is 2. The summed E-state index contributed by atoms with van der Waals surface area (Å²) in [4.78, 5) is 21.9. The van der Waals surface area contributed by atoms with Crippen molar-refractivity contribution in [2.24, 2.45) is 0 Å². The molecule has 0 radical (unpaired) electrons. The molecule has 0 unspecified atom stereocenters. The molecule has 0 aromatic heterocycles.